The minimum atomic E-state index is 0.0632. The zero-order chi connectivity index (χ0) is 44.2. The Morgan fingerprint density at radius 1 is 0.438 bits per heavy atom. The fourth-order valence-corrected chi connectivity index (χ4v) is 10.0. The van der Waals surface area contributed by atoms with E-state index in [1.165, 1.54) is 110 Å². The smallest absolute Gasteiger partial charge is 0.0541 e. The van der Waals surface area contributed by atoms with Gasteiger partial charge in [-0.25, -0.2) is 0 Å². The highest BCUT2D eigenvalue weighted by atomic mass is 15.1. The standard InChI is InChI=1S/C62H56N2/c1-38(2)41-19-18-39(3)60(35-41)63(49-17-13-16-42(28-49)40-14-11-10-12-15-40)50-24-20-43-31-52-54(33-45(43)29-50)53-32-44-21-25-51(30-46(44)34-55(52)53)64-58-26-22-47(61(4,5)6)36-56(58)57-37-48(62(7,8)9)23-27-59(57)64/h10-38H,1-9H3. The Labute approximate surface area is 378 Å². The topological polar surface area (TPSA) is 8.17 Å². The molecule has 0 unspecified atom stereocenters. The summed E-state index contributed by atoms with van der Waals surface area (Å²) in [6.45, 7) is 20.6. The van der Waals surface area contributed by atoms with Crippen molar-refractivity contribution in [3.8, 4) is 39.1 Å². The third kappa shape index (κ3) is 6.62. The van der Waals surface area contributed by atoms with Crippen molar-refractivity contribution in [1.82, 2.24) is 4.57 Å². The first-order chi connectivity index (χ1) is 30.7. The van der Waals surface area contributed by atoms with Crippen LogP contribution in [0.1, 0.15) is 83.6 Å². The molecule has 2 heteroatoms. The van der Waals surface area contributed by atoms with E-state index >= 15 is 0 Å². The van der Waals surface area contributed by atoms with Gasteiger partial charge in [0.25, 0.3) is 0 Å². The average Bonchev–Trinajstić information content (AvgIpc) is 3.61. The Morgan fingerprint density at radius 3 is 1.58 bits per heavy atom. The monoisotopic (exact) mass is 828 g/mol. The fourth-order valence-electron chi connectivity index (χ4n) is 10.0. The molecule has 11 rings (SSSR count). The molecule has 314 valence electrons. The van der Waals surface area contributed by atoms with Gasteiger partial charge in [0.2, 0.25) is 0 Å². The minimum absolute atomic E-state index is 0.0632. The second-order valence-electron chi connectivity index (χ2n) is 20.6. The summed E-state index contributed by atoms with van der Waals surface area (Å²) in [6.07, 6.45) is 0. The lowest BCUT2D eigenvalue weighted by Crippen LogP contribution is -2.12. The van der Waals surface area contributed by atoms with Gasteiger partial charge in [-0.3, -0.25) is 0 Å². The molecule has 0 atom stereocenters. The Kier molecular flexibility index (Phi) is 9.09. The summed E-state index contributed by atoms with van der Waals surface area (Å²) < 4.78 is 2.48. The first-order valence-corrected chi connectivity index (χ1v) is 23.0. The molecule has 0 saturated carbocycles. The van der Waals surface area contributed by atoms with E-state index in [-0.39, 0.29) is 10.8 Å². The summed E-state index contributed by atoms with van der Waals surface area (Å²) >= 11 is 0. The number of benzene rings is 9. The van der Waals surface area contributed by atoms with Crippen molar-refractivity contribution in [1.29, 1.82) is 0 Å². The van der Waals surface area contributed by atoms with E-state index in [0.29, 0.717) is 5.92 Å². The minimum Gasteiger partial charge on any atom is -0.310 e. The SMILES string of the molecule is Cc1ccc(C(C)C)cc1N(c1cccc(-c2ccccc2)c1)c1ccc2cc3c(cc2c1)-c1cc2ccc(-n4c5ccc(C(C)(C)C)cc5c5cc(C(C)(C)C)ccc54)cc2cc1-3. The van der Waals surface area contributed by atoms with Crippen molar-refractivity contribution >= 4 is 60.4 Å². The second-order valence-corrected chi connectivity index (χ2v) is 20.6. The lowest BCUT2D eigenvalue weighted by Gasteiger charge is -2.29. The van der Waals surface area contributed by atoms with E-state index in [2.05, 4.69) is 242 Å². The van der Waals surface area contributed by atoms with Crippen molar-refractivity contribution in [2.45, 2.75) is 79.1 Å². The third-order valence-electron chi connectivity index (χ3n) is 13.9. The van der Waals surface area contributed by atoms with Gasteiger partial charge in [0.1, 0.15) is 0 Å². The number of fused-ring (bicyclic) bond motifs is 9. The molecule has 0 aliphatic heterocycles. The van der Waals surface area contributed by atoms with Crippen molar-refractivity contribution in [3.05, 3.63) is 192 Å². The number of anilines is 3. The van der Waals surface area contributed by atoms with E-state index in [0.717, 1.165) is 11.4 Å². The molecule has 1 aromatic heterocycles. The summed E-state index contributed by atoms with van der Waals surface area (Å²) in [4.78, 5) is 2.45. The second kappa shape index (κ2) is 14.6. The number of aryl methyl sites for hydroxylation is 1. The fraction of sp³-hybridized carbons (Fsp3) is 0.194. The molecule has 0 bridgehead atoms. The molecule has 0 fully saturated rings. The highest BCUT2D eigenvalue weighted by Crippen LogP contribution is 2.51. The number of nitrogens with zero attached hydrogens (tertiary/aromatic N) is 2. The molecule has 1 aliphatic carbocycles. The molecular weight excluding hydrogens is 773 g/mol. The summed E-state index contributed by atoms with van der Waals surface area (Å²) in [5, 5.41) is 7.66. The zero-order valence-corrected chi connectivity index (χ0v) is 38.6. The van der Waals surface area contributed by atoms with Gasteiger partial charge in [0, 0.05) is 33.5 Å². The highest BCUT2D eigenvalue weighted by Gasteiger charge is 2.26. The molecular formula is C62H56N2. The summed E-state index contributed by atoms with van der Waals surface area (Å²) in [5.74, 6) is 0.424. The third-order valence-corrected chi connectivity index (χ3v) is 13.9. The quantitative estimate of drug-likeness (QED) is 0.162. The number of hydrogen-bond donors (Lipinski definition) is 0. The molecule has 64 heavy (non-hydrogen) atoms. The molecule has 0 amide bonds. The van der Waals surface area contributed by atoms with Crippen LogP contribution in [0, 0.1) is 6.92 Å². The predicted molar refractivity (Wildman–Crippen MR) is 277 cm³/mol. The van der Waals surface area contributed by atoms with Crippen LogP contribution in [0.5, 0.6) is 0 Å². The molecule has 1 heterocycles. The van der Waals surface area contributed by atoms with E-state index in [9.17, 15) is 0 Å². The van der Waals surface area contributed by atoms with Crippen LogP contribution in [-0.4, -0.2) is 4.57 Å². The largest absolute Gasteiger partial charge is 0.310 e. The van der Waals surface area contributed by atoms with Crippen molar-refractivity contribution in [2.24, 2.45) is 0 Å². The van der Waals surface area contributed by atoms with Crippen LogP contribution in [0.3, 0.4) is 0 Å². The van der Waals surface area contributed by atoms with Crippen LogP contribution in [0.25, 0.3) is 82.4 Å². The molecule has 10 aromatic rings. The molecule has 0 saturated heterocycles. The van der Waals surface area contributed by atoms with Crippen LogP contribution in [0.2, 0.25) is 0 Å². The molecule has 9 aromatic carbocycles. The van der Waals surface area contributed by atoms with Crippen LogP contribution >= 0.6 is 0 Å². The van der Waals surface area contributed by atoms with Gasteiger partial charge in [-0.15, -0.1) is 0 Å². The van der Waals surface area contributed by atoms with E-state index in [1.54, 1.807) is 0 Å². The Bertz CT molecular complexity index is 3420. The zero-order valence-electron chi connectivity index (χ0n) is 38.6. The van der Waals surface area contributed by atoms with Crippen LogP contribution in [0.4, 0.5) is 17.1 Å². The maximum absolute atomic E-state index is 2.48. The molecule has 2 nitrogen and oxygen atoms in total. The van der Waals surface area contributed by atoms with Gasteiger partial charge < -0.3 is 9.47 Å². The Hall–Kier alpha value is -6.90. The van der Waals surface area contributed by atoms with Gasteiger partial charge in [0.05, 0.1) is 11.0 Å². The van der Waals surface area contributed by atoms with Gasteiger partial charge >= 0.3 is 0 Å². The van der Waals surface area contributed by atoms with Crippen molar-refractivity contribution < 1.29 is 0 Å². The maximum Gasteiger partial charge on any atom is 0.0541 e. The molecule has 0 N–H and O–H groups in total. The predicted octanol–water partition coefficient (Wildman–Crippen LogP) is 17.9. The Balaban J connectivity index is 1.00. The summed E-state index contributed by atoms with van der Waals surface area (Å²) in [6, 6.07) is 64.5. The van der Waals surface area contributed by atoms with Gasteiger partial charge in [-0.1, -0.05) is 134 Å². The van der Waals surface area contributed by atoms with Crippen LogP contribution < -0.4 is 4.90 Å². The van der Waals surface area contributed by atoms with E-state index in [4.69, 9.17) is 0 Å². The van der Waals surface area contributed by atoms with Crippen molar-refractivity contribution in [2.75, 3.05) is 4.90 Å². The lowest BCUT2D eigenvalue weighted by molar-refractivity contribution is 0.590. The van der Waals surface area contributed by atoms with Gasteiger partial charge in [-0.05, 0) is 192 Å². The first-order valence-electron chi connectivity index (χ1n) is 23.0. The van der Waals surface area contributed by atoms with Crippen molar-refractivity contribution in [3.63, 3.8) is 0 Å². The Morgan fingerprint density at radius 2 is 0.984 bits per heavy atom. The van der Waals surface area contributed by atoms with Gasteiger partial charge in [-0.2, -0.15) is 0 Å². The summed E-state index contributed by atoms with van der Waals surface area (Å²) in [7, 11) is 0. The van der Waals surface area contributed by atoms with Gasteiger partial charge in [0.15, 0.2) is 0 Å². The highest BCUT2D eigenvalue weighted by molar-refractivity contribution is 6.13. The molecule has 0 spiro atoms. The first kappa shape index (κ1) is 39.9. The number of hydrogen-bond acceptors (Lipinski definition) is 1. The molecule has 0 radical (unpaired) electrons. The number of rotatable bonds is 6. The molecule has 1 aliphatic rings. The normalized spacial score (nSPS) is 12.6. The van der Waals surface area contributed by atoms with Crippen LogP contribution in [0.15, 0.2) is 170 Å². The van der Waals surface area contributed by atoms with E-state index in [1.807, 2.05) is 0 Å². The maximum atomic E-state index is 2.48. The van der Waals surface area contributed by atoms with Crippen LogP contribution in [-0.2, 0) is 10.8 Å². The van der Waals surface area contributed by atoms with E-state index < -0.39 is 0 Å². The lowest BCUT2D eigenvalue weighted by atomic mass is 9.78. The summed E-state index contributed by atoms with van der Waals surface area (Å²) in [5.41, 5.74) is 20.4. The number of aromatic nitrogens is 1. The average molecular weight is 829 g/mol.